The van der Waals surface area contributed by atoms with Crippen LogP contribution >= 0.6 is 0 Å². The number of aliphatic hydroxyl groups excluding tert-OH is 1. The molecule has 3 aromatic rings. The number of hydrogen-bond donors (Lipinski definition) is 1. The smallest absolute Gasteiger partial charge is 0.300 e. The van der Waals surface area contributed by atoms with Crippen LogP contribution in [0.5, 0.6) is 11.5 Å². The molecule has 1 aliphatic rings. The molecule has 0 aliphatic carbocycles. The molecule has 6 nitrogen and oxygen atoms in total. The van der Waals surface area contributed by atoms with E-state index in [9.17, 15) is 14.7 Å². The fourth-order valence-corrected chi connectivity index (χ4v) is 4.95. The van der Waals surface area contributed by atoms with Crippen LogP contribution in [0.4, 0.5) is 5.69 Å². The largest absolute Gasteiger partial charge is 0.507 e. The Balaban J connectivity index is 1.91. The van der Waals surface area contributed by atoms with Crippen molar-refractivity contribution >= 4 is 23.1 Å². The van der Waals surface area contributed by atoms with Gasteiger partial charge in [0.25, 0.3) is 11.7 Å². The Kier molecular flexibility index (Phi) is 7.60. The fraction of sp³-hybridized carbons (Fsp3) is 0.333. The number of rotatable bonds is 6. The molecular weight excluding hydrogens is 490 g/mol. The van der Waals surface area contributed by atoms with Gasteiger partial charge >= 0.3 is 0 Å². The lowest BCUT2D eigenvalue weighted by Gasteiger charge is -2.27. The monoisotopic (exact) mass is 527 g/mol. The fourth-order valence-electron chi connectivity index (χ4n) is 4.95. The minimum Gasteiger partial charge on any atom is -0.507 e. The van der Waals surface area contributed by atoms with Crippen molar-refractivity contribution in [3.8, 4) is 11.5 Å². The number of carbonyl (C=O) groups excluding carboxylic acids is 2. The molecule has 0 aromatic heterocycles. The number of carbonyl (C=O) groups is 2. The summed E-state index contributed by atoms with van der Waals surface area (Å²) in [5.41, 5.74) is 4.42. The molecule has 1 saturated heterocycles. The number of ketones is 1. The maximum absolute atomic E-state index is 13.6. The second-order valence-electron chi connectivity index (χ2n) is 11.3. The van der Waals surface area contributed by atoms with Crippen LogP contribution in [0, 0.1) is 13.8 Å². The maximum Gasteiger partial charge on any atom is 0.300 e. The molecule has 3 aromatic carbocycles. The third kappa shape index (κ3) is 5.42. The number of anilines is 1. The van der Waals surface area contributed by atoms with Gasteiger partial charge in [0.2, 0.25) is 0 Å². The third-order valence-corrected chi connectivity index (χ3v) is 7.02. The molecule has 0 radical (unpaired) electrons. The highest BCUT2D eigenvalue weighted by Crippen LogP contribution is 2.43. The number of aryl methyl sites for hydroxylation is 2. The number of Topliss-reactive ketones (excluding diaryl/α,β-unsaturated/α-hetero) is 1. The predicted octanol–water partition coefficient (Wildman–Crippen LogP) is 7.02. The number of amides is 1. The second-order valence-corrected chi connectivity index (χ2v) is 11.3. The average Bonchev–Trinajstić information content (AvgIpc) is 3.14. The number of benzene rings is 3. The van der Waals surface area contributed by atoms with E-state index in [0.29, 0.717) is 22.7 Å². The summed E-state index contributed by atoms with van der Waals surface area (Å²) in [5.74, 6) is -0.276. The van der Waals surface area contributed by atoms with Crippen LogP contribution in [-0.2, 0) is 15.0 Å². The molecule has 1 fully saturated rings. The molecule has 1 heterocycles. The van der Waals surface area contributed by atoms with Gasteiger partial charge in [0, 0.05) is 11.3 Å². The SMILES string of the molecule is COc1cc(C)c(/C(O)=C2\C(=O)C(=O)N(c3ccc(OC(C)C)cc3)C2c2ccc(C(C)(C)C)cc2)cc1C. The van der Waals surface area contributed by atoms with Crippen LogP contribution in [0.1, 0.15) is 68.5 Å². The number of ether oxygens (including phenoxy) is 2. The van der Waals surface area contributed by atoms with Gasteiger partial charge in [0.05, 0.1) is 24.8 Å². The van der Waals surface area contributed by atoms with E-state index in [-0.39, 0.29) is 22.9 Å². The summed E-state index contributed by atoms with van der Waals surface area (Å²) >= 11 is 0. The number of nitrogens with zero attached hydrogens (tertiary/aromatic N) is 1. The van der Waals surface area contributed by atoms with Gasteiger partial charge in [-0.25, -0.2) is 0 Å². The van der Waals surface area contributed by atoms with Crippen molar-refractivity contribution in [2.45, 2.75) is 66.0 Å². The highest BCUT2D eigenvalue weighted by Gasteiger charge is 2.47. The average molecular weight is 528 g/mol. The van der Waals surface area contributed by atoms with Gasteiger partial charge in [-0.2, -0.15) is 0 Å². The molecule has 39 heavy (non-hydrogen) atoms. The van der Waals surface area contributed by atoms with E-state index in [0.717, 1.165) is 22.3 Å². The van der Waals surface area contributed by atoms with Crippen molar-refractivity contribution < 1.29 is 24.2 Å². The van der Waals surface area contributed by atoms with Gasteiger partial charge in [0.15, 0.2) is 0 Å². The Morgan fingerprint density at radius 3 is 2.08 bits per heavy atom. The Hall–Kier alpha value is -4.06. The first-order valence-electron chi connectivity index (χ1n) is 13.2. The van der Waals surface area contributed by atoms with E-state index in [1.807, 2.05) is 58.0 Å². The lowest BCUT2D eigenvalue weighted by molar-refractivity contribution is -0.132. The van der Waals surface area contributed by atoms with Gasteiger partial charge in [-0.3, -0.25) is 14.5 Å². The van der Waals surface area contributed by atoms with Crippen molar-refractivity contribution in [2.24, 2.45) is 0 Å². The molecule has 204 valence electrons. The van der Waals surface area contributed by atoms with Gasteiger partial charge in [-0.15, -0.1) is 0 Å². The summed E-state index contributed by atoms with van der Waals surface area (Å²) in [5, 5.41) is 11.6. The topological polar surface area (TPSA) is 76.1 Å². The highest BCUT2D eigenvalue weighted by atomic mass is 16.5. The first-order chi connectivity index (χ1) is 18.3. The quantitative estimate of drug-likeness (QED) is 0.212. The van der Waals surface area contributed by atoms with E-state index >= 15 is 0 Å². The molecule has 0 bridgehead atoms. The highest BCUT2D eigenvalue weighted by molar-refractivity contribution is 6.51. The predicted molar refractivity (Wildman–Crippen MR) is 155 cm³/mol. The number of aliphatic hydroxyl groups is 1. The van der Waals surface area contributed by atoms with Gasteiger partial charge < -0.3 is 14.6 Å². The third-order valence-electron chi connectivity index (χ3n) is 7.02. The van der Waals surface area contributed by atoms with Crippen molar-refractivity contribution in [1.82, 2.24) is 0 Å². The summed E-state index contributed by atoms with van der Waals surface area (Å²) in [4.78, 5) is 28.6. The van der Waals surface area contributed by atoms with Gasteiger partial charge in [0.1, 0.15) is 17.3 Å². The second kappa shape index (κ2) is 10.6. The molecule has 4 rings (SSSR count). The van der Waals surface area contributed by atoms with Crippen LogP contribution in [0.15, 0.2) is 66.2 Å². The zero-order valence-electron chi connectivity index (χ0n) is 24.0. The van der Waals surface area contributed by atoms with E-state index in [2.05, 4.69) is 20.8 Å². The molecule has 1 unspecified atom stereocenters. The minimum atomic E-state index is -0.808. The molecule has 0 spiro atoms. The summed E-state index contributed by atoms with van der Waals surface area (Å²) in [6.07, 6.45) is 0.00241. The van der Waals surface area contributed by atoms with Crippen molar-refractivity contribution in [3.05, 3.63) is 94.1 Å². The van der Waals surface area contributed by atoms with Crippen LogP contribution in [-0.4, -0.2) is 30.0 Å². The van der Waals surface area contributed by atoms with Crippen LogP contribution in [0.2, 0.25) is 0 Å². The molecule has 1 N–H and O–H groups in total. The first kappa shape index (κ1) is 28.0. The Bertz CT molecular complexity index is 1430. The maximum atomic E-state index is 13.6. The standard InChI is InChI=1S/C33H37NO5/c1-19(2)39-25-15-13-24(14-16-25)34-29(22-9-11-23(12-10-22)33(5,6)7)28(31(36)32(34)37)30(35)26-17-21(4)27(38-8)18-20(26)3/h9-19,29,35H,1-8H3/b30-28+. The summed E-state index contributed by atoms with van der Waals surface area (Å²) < 4.78 is 11.2. The summed E-state index contributed by atoms with van der Waals surface area (Å²) in [7, 11) is 1.59. The van der Waals surface area contributed by atoms with E-state index < -0.39 is 17.7 Å². The lowest BCUT2D eigenvalue weighted by Crippen LogP contribution is -2.29. The summed E-state index contributed by atoms with van der Waals surface area (Å²) in [6, 6.07) is 17.8. The number of methoxy groups -OCH3 is 1. The number of hydrogen-bond acceptors (Lipinski definition) is 5. The normalized spacial score (nSPS) is 17.2. The molecule has 1 atom stereocenters. The summed E-state index contributed by atoms with van der Waals surface area (Å²) in [6.45, 7) is 14.0. The van der Waals surface area contributed by atoms with E-state index in [1.54, 1.807) is 37.4 Å². The zero-order valence-corrected chi connectivity index (χ0v) is 24.0. The molecule has 6 heteroatoms. The van der Waals surface area contributed by atoms with E-state index in [4.69, 9.17) is 9.47 Å². The van der Waals surface area contributed by atoms with Crippen molar-refractivity contribution in [2.75, 3.05) is 12.0 Å². The molecular formula is C33H37NO5. The molecule has 0 saturated carbocycles. The van der Waals surface area contributed by atoms with Gasteiger partial charge in [-0.05, 0) is 91.8 Å². The minimum absolute atomic E-state index is 0.00241. The van der Waals surface area contributed by atoms with Gasteiger partial charge in [-0.1, -0.05) is 45.0 Å². The zero-order chi connectivity index (χ0) is 28.6. The van der Waals surface area contributed by atoms with Crippen molar-refractivity contribution in [3.63, 3.8) is 0 Å². The van der Waals surface area contributed by atoms with Crippen LogP contribution in [0.25, 0.3) is 5.76 Å². The Morgan fingerprint density at radius 1 is 0.923 bits per heavy atom. The van der Waals surface area contributed by atoms with E-state index in [1.165, 1.54) is 4.90 Å². The van der Waals surface area contributed by atoms with Crippen molar-refractivity contribution in [1.29, 1.82) is 0 Å². The first-order valence-corrected chi connectivity index (χ1v) is 13.2. The lowest BCUT2D eigenvalue weighted by atomic mass is 9.85. The molecule has 1 amide bonds. The Morgan fingerprint density at radius 2 is 1.54 bits per heavy atom. The van der Waals surface area contributed by atoms with Crippen LogP contribution in [0.3, 0.4) is 0 Å². The molecule has 1 aliphatic heterocycles. The van der Waals surface area contributed by atoms with Crippen LogP contribution < -0.4 is 14.4 Å². The Labute approximate surface area is 230 Å².